The minimum atomic E-state index is -0.214. The molecule has 0 bridgehead atoms. The molecule has 2 rings (SSSR count). The number of hydrogen-bond donors (Lipinski definition) is 1. The summed E-state index contributed by atoms with van der Waals surface area (Å²) in [6.07, 6.45) is 0.363. The van der Waals surface area contributed by atoms with Gasteiger partial charge < -0.3 is 19.5 Å². The molecule has 18 heavy (non-hydrogen) atoms. The Morgan fingerprint density at radius 3 is 3.11 bits per heavy atom. The normalized spacial score (nSPS) is 12.6. The molecule has 1 aromatic carbocycles. The minimum absolute atomic E-state index is 0.214. The topological polar surface area (TPSA) is 56.8 Å². The number of carbonyl (C=O) groups is 1. The van der Waals surface area contributed by atoms with Crippen molar-refractivity contribution in [2.45, 2.75) is 13.0 Å². The molecule has 1 aliphatic rings. The predicted molar refractivity (Wildman–Crippen MR) is 68.6 cm³/mol. The molecule has 0 radical (unpaired) electrons. The second kappa shape index (κ2) is 6.06. The van der Waals surface area contributed by atoms with Gasteiger partial charge in [-0.25, -0.2) is 0 Å². The Balaban J connectivity index is 1.87. The molecule has 0 unspecified atom stereocenters. The van der Waals surface area contributed by atoms with Crippen molar-refractivity contribution in [3.05, 3.63) is 22.2 Å². The van der Waals surface area contributed by atoms with Gasteiger partial charge in [0.2, 0.25) is 6.79 Å². The van der Waals surface area contributed by atoms with Gasteiger partial charge in [0, 0.05) is 13.1 Å². The average molecular weight is 316 g/mol. The van der Waals surface area contributed by atoms with E-state index in [0.717, 1.165) is 21.5 Å². The molecule has 0 spiro atoms. The molecule has 1 N–H and O–H groups in total. The SMILES string of the molecule is COC(=O)CCNCc1cc(Br)c2c(c1)OCO2. The van der Waals surface area contributed by atoms with Crippen LogP contribution in [0.3, 0.4) is 0 Å². The summed E-state index contributed by atoms with van der Waals surface area (Å²) in [6, 6.07) is 3.90. The van der Waals surface area contributed by atoms with Crippen LogP contribution in [0.4, 0.5) is 0 Å². The second-order valence-electron chi connectivity index (χ2n) is 3.81. The van der Waals surface area contributed by atoms with Crippen molar-refractivity contribution >= 4 is 21.9 Å². The molecule has 0 atom stereocenters. The number of rotatable bonds is 5. The fourth-order valence-corrected chi connectivity index (χ4v) is 2.25. The quantitative estimate of drug-likeness (QED) is 0.663. The molecule has 98 valence electrons. The summed E-state index contributed by atoms with van der Waals surface area (Å²) in [4.78, 5) is 10.9. The molecule has 1 aromatic rings. The first-order valence-corrected chi connectivity index (χ1v) is 6.35. The molecule has 1 aliphatic heterocycles. The van der Waals surface area contributed by atoms with E-state index in [4.69, 9.17) is 9.47 Å². The van der Waals surface area contributed by atoms with Crippen LogP contribution in [0.25, 0.3) is 0 Å². The number of ether oxygens (including phenoxy) is 3. The zero-order valence-electron chi connectivity index (χ0n) is 9.99. The van der Waals surface area contributed by atoms with E-state index in [1.807, 2.05) is 12.1 Å². The van der Waals surface area contributed by atoms with Crippen molar-refractivity contribution in [3.8, 4) is 11.5 Å². The van der Waals surface area contributed by atoms with Crippen molar-refractivity contribution in [1.29, 1.82) is 0 Å². The lowest BCUT2D eigenvalue weighted by Gasteiger charge is -2.06. The minimum Gasteiger partial charge on any atom is -0.469 e. The monoisotopic (exact) mass is 315 g/mol. The van der Waals surface area contributed by atoms with Gasteiger partial charge in [0.25, 0.3) is 0 Å². The standard InChI is InChI=1S/C12H14BrNO4/c1-16-11(15)2-3-14-6-8-4-9(13)12-10(5-8)17-7-18-12/h4-5,14H,2-3,6-7H2,1H3. The third kappa shape index (κ3) is 3.14. The highest BCUT2D eigenvalue weighted by molar-refractivity contribution is 9.10. The summed E-state index contributed by atoms with van der Waals surface area (Å²) in [5.74, 6) is 1.27. The first-order chi connectivity index (χ1) is 8.70. The number of esters is 1. The van der Waals surface area contributed by atoms with E-state index in [-0.39, 0.29) is 12.8 Å². The van der Waals surface area contributed by atoms with E-state index in [1.165, 1.54) is 7.11 Å². The summed E-state index contributed by atoms with van der Waals surface area (Å²) in [7, 11) is 1.39. The van der Waals surface area contributed by atoms with Crippen LogP contribution in [0.5, 0.6) is 11.5 Å². The molecule has 0 saturated carbocycles. The molecule has 0 amide bonds. The Morgan fingerprint density at radius 1 is 1.50 bits per heavy atom. The summed E-state index contributed by atoms with van der Waals surface area (Å²) in [6.45, 7) is 1.50. The van der Waals surface area contributed by atoms with Gasteiger partial charge in [-0.05, 0) is 33.6 Å². The fourth-order valence-electron chi connectivity index (χ4n) is 1.65. The van der Waals surface area contributed by atoms with Crippen LogP contribution in [0.15, 0.2) is 16.6 Å². The largest absolute Gasteiger partial charge is 0.469 e. The van der Waals surface area contributed by atoms with Crippen molar-refractivity contribution in [1.82, 2.24) is 5.32 Å². The van der Waals surface area contributed by atoms with Crippen molar-refractivity contribution < 1.29 is 19.0 Å². The molecular formula is C12H14BrNO4. The van der Waals surface area contributed by atoms with E-state index in [1.54, 1.807) is 0 Å². The van der Waals surface area contributed by atoms with Crippen molar-refractivity contribution in [2.24, 2.45) is 0 Å². The zero-order valence-corrected chi connectivity index (χ0v) is 11.6. The van der Waals surface area contributed by atoms with Gasteiger partial charge in [0.15, 0.2) is 11.5 Å². The summed E-state index contributed by atoms with van der Waals surface area (Å²) < 4.78 is 16.1. The molecule has 6 heteroatoms. The number of hydrogen-bond acceptors (Lipinski definition) is 5. The van der Waals surface area contributed by atoms with Gasteiger partial charge in [0.05, 0.1) is 18.0 Å². The highest BCUT2D eigenvalue weighted by Gasteiger charge is 2.17. The Bertz CT molecular complexity index is 450. The third-order valence-electron chi connectivity index (χ3n) is 2.55. The van der Waals surface area contributed by atoms with Gasteiger partial charge in [-0.15, -0.1) is 0 Å². The van der Waals surface area contributed by atoms with Gasteiger partial charge in [-0.2, -0.15) is 0 Å². The lowest BCUT2D eigenvalue weighted by molar-refractivity contribution is -0.140. The van der Waals surface area contributed by atoms with E-state index in [2.05, 4.69) is 26.0 Å². The highest BCUT2D eigenvalue weighted by atomic mass is 79.9. The fraction of sp³-hybridized carbons (Fsp3) is 0.417. The van der Waals surface area contributed by atoms with Crippen molar-refractivity contribution in [3.63, 3.8) is 0 Å². The van der Waals surface area contributed by atoms with E-state index >= 15 is 0 Å². The van der Waals surface area contributed by atoms with Crippen molar-refractivity contribution in [2.75, 3.05) is 20.4 Å². The summed E-state index contributed by atoms with van der Waals surface area (Å²) in [5, 5.41) is 3.17. The average Bonchev–Trinajstić information content (AvgIpc) is 2.83. The van der Waals surface area contributed by atoms with Crippen LogP contribution in [0.1, 0.15) is 12.0 Å². The van der Waals surface area contributed by atoms with Crippen LogP contribution >= 0.6 is 15.9 Å². The first kappa shape index (κ1) is 13.2. The second-order valence-corrected chi connectivity index (χ2v) is 4.67. The lowest BCUT2D eigenvalue weighted by Crippen LogP contribution is -2.18. The Kier molecular flexibility index (Phi) is 4.43. The highest BCUT2D eigenvalue weighted by Crippen LogP contribution is 2.39. The van der Waals surface area contributed by atoms with Crippen LogP contribution in [0.2, 0.25) is 0 Å². The molecule has 0 fully saturated rings. The van der Waals surface area contributed by atoms with E-state index < -0.39 is 0 Å². The number of carbonyl (C=O) groups excluding carboxylic acids is 1. The summed E-state index contributed by atoms with van der Waals surface area (Å²) >= 11 is 3.43. The van der Waals surface area contributed by atoms with Gasteiger partial charge in [-0.1, -0.05) is 0 Å². The van der Waals surface area contributed by atoms with E-state index in [9.17, 15) is 4.79 Å². The molecule has 0 aliphatic carbocycles. The third-order valence-corrected chi connectivity index (χ3v) is 3.14. The van der Waals surface area contributed by atoms with Crippen LogP contribution in [-0.2, 0) is 16.1 Å². The number of methoxy groups -OCH3 is 1. The zero-order chi connectivity index (χ0) is 13.0. The van der Waals surface area contributed by atoms with E-state index in [0.29, 0.717) is 19.5 Å². The summed E-state index contributed by atoms with van der Waals surface area (Å²) in [5.41, 5.74) is 1.07. The Morgan fingerprint density at radius 2 is 2.33 bits per heavy atom. The molecule has 0 saturated heterocycles. The molecule has 5 nitrogen and oxygen atoms in total. The number of benzene rings is 1. The molecule has 1 heterocycles. The number of nitrogens with one attached hydrogen (secondary N) is 1. The first-order valence-electron chi connectivity index (χ1n) is 5.56. The molecule has 0 aromatic heterocycles. The Hall–Kier alpha value is -1.27. The number of fused-ring (bicyclic) bond motifs is 1. The van der Waals surface area contributed by atoms with Gasteiger partial charge in [-0.3, -0.25) is 4.79 Å². The maximum atomic E-state index is 10.9. The van der Waals surface area contributed by atoms with Crippen LogP contribution in [0, 0.1) is 0 Å². The maximum Gasteiger partial charge on any atom is 0.306 e. The Labute approximate surface area is 114 Å². The van der Waals surface area contributed by atoms with Crippen LogP contribution in [-0.4, -0.2) is 26.4 Å². The van der Waals surface area contributed by atoms with Crippen LogP contribution < -0.4 is 14.8 Å². The number of halogens is 1. The molecular weight excluding hydrogens is 302 g/mol. The smallest absolute Gasteiger partial charge is 0.306 e. The predicted octanol–water partition coefficient (Wildman–Crippen LogP) is 1.83. The maximum absolute atomic E-state index is 10.9. The lowest BCUT2D eigenvalue weighted by atomic mass is 10.2. The van der Waals surface area contributed by atoms with Gasteiger partial charge >= 0.3 is 5.97 Å². The van der Waals surface area contributed by atoms with Gasteiger partial charge in [0.1, 0.15) is 0 Å².